The molecule has 0 aliphatic carbocycles. The van der Waals surface area contributed by atoms with Crippen molar-refractivity contribution in [3.8, 4) is 5.88 Å². The Hall–Kier alpha value is -1.94. The fraction of sp³-hybridized carbons (Fsp3) is 0.308. The molecular weight excluding hydrogens is 394 g/mol. The molecule has 12 heteroatoms. The van der Waals surface area contributed by atoms with Crippen molar-refractivity contribution in [2.24, 2.45) is 0 Å². The van der Waals surface area contributed by atoms with Gasteiger partial charge in [0.15, 0.2) is 0 Å². The van der Waals surface area contributed by atoms with Gasteiger partial charge in [0.2, 0.25) is 5.88 Å². The zero-order valence-electron chi connectivity index (χ0n) is 12.1. The van der Waals surface area contributed by atoms with E-state index in [4.69, 9.17) is 27.9 Å². The summed E-state index contributed by atoms with van der Waals surface area (Å²) < 4.78 is 67.9. The van der Waals surface area contributed by atoms with E-state index in [-0.39, 0.29) is 34.9 Å². The molecule has 0 aromatic carbocycles. The highest BCUT2D eigenvalue weighted by Crippen LogP contribution is 2.33. The van der Waals surface area contributed by atoms with Crippen LogP contribution >= 0.6 is 23.2 Å². The lowest BCUT2D eigenvalue weighted by molar-refractivity contribution is -0.137. The summed E-state index contributed by atoms with van der Waals surface area (Å²) in [5.74, 6) is -0.222. The summed E-state index contributed by atoms with van der Waals surface area (Å²) in [5, 5.41) is 2.00. The van der Waals surface area contributed by atoms with Crippen LogP contribution in [0.15, 0.2) is 18.6 Å². The second-order valence-corrected chi connectivity index (χ2v) is 5.29. The maximum absolute atomic E-state index is 12.6. The summed E-state index contributed by atoms with van der Waals surface area (Å²) in [7, 11) is 0. The minimum atomic E-state index is -4.57. The van der Waals surface area contributed by atoms with Crippen molar-refractivity contribution in [1.29, 1.82) is 0 Å². The van der Waals surface area contributed by atoms with Gasteiger partial charge in [-0.3, -0.25) is 0 Å². The fourth-order valence-corrected chi connectivity index (χ4v) is 2.13. The Balaban J connectivity index is 1.93. The highest BCUT2D eigenvalue weighted by atomic mass is 35.5. The van der Waals surface area contributed by atoms with Gasteiger partial charge < -0.3 is 10.1 Å². The molecule has 5 nitrogen and oxygen atoms in total. The monoisotopic (exact) mass is 402 g/mol. The van der Waals surface area contributed by atoms with E-state index in [1.807, 2.05) is 0 Å². The number of nitrogens with zero attached hydrogens (tertiary/aromatic N) is 3. The molecule has 0 aliphatic rings. The van der Waals surface area contributed by atoms with Crippen LogP contribution in [0.5, 0.6) is 5.88 Å². The van der Waals surface area contributed by atoms with Crippen molar-refractivity contribution in [3.05, 3.63) is 39.9 Å². The van der Waals surface area contributed by atoms with Crippen LogP contribution in [0, 0.1) is 0 Å². The predicted molar refractivity (Wildman–Crippen MR) is 80.2 cm³/mol. The van der Waals surface area contributed by atoms with Gasteiger partial charge in [-0.1, -0.05) is 23.2 Å². The number of hydrogen-bond donors (Lipinski definition) is 1. The first-order valence-electron chi connectivity index (χ1n) is 6.58. The number of nitrogens with one attached hydrogen (secondary N) is 1. The topological polar surface area (TPSA) is 59.9 Å². The van der Waals surface area contributed by atoms with Crippen LogP contribution in [-0.2, 0) is 6.18 Å². The smallest absolute Gasteiger partial charge is 0.417 e. The third kappa shape index (κ3) is 5.02. The summed E-state index contributed by atoms with van der Waals surface area (Å²) in [6.07, 6.45) is -5.92. The van der Waals surface area contributed by atoms with E-state index in [0.29, 0.717) is 12.3 Å². The van der Waals surface area contributed by atoms with E-state index in [0.717, 1.165) is 6.33 Å². The van der Waals surface area contributed by atoms with E-state index < -0.39 is 23.9 Å². The van der Waals surface area contributed by atoms with E-state index in [2.05, 4.69) is 20.3 Å². The minimum Gasteiger partial charge on any atom is -0.475 e. The molecule has 0 bridgehead atoms. The molecule has 2 aromatic rings. The number of halogens is 7. The molecule has 136 valence electrons. The van der Waals surface area contributed by atoms with Crippen molar-refractivity contribution in [3.63, 3.8) is 0 Å². The van der Waals surface area contributed by atoms with Crippen molar-refractivity contribution in [2.45, 2.75) is 12.6 Å². The van der Waals surface area contributed by atoms with Crippen molar-refractivity contribution in [1.82, 2.24) is 15.0 Å². The van der Waals surface area contributed by atoms with Gasteiger partial charge in [0.1, 0.15) is 34.5 Å². The van der Waals surface area contributed by atoms with Gasteiger partial charge in [0.05, 0.1) is 12.1 Å². The summed E-state index contributed by atoms with van der Waals surface area (Å²) in [4.78, 5) is 10.6. The molecule has 0 saturated carbocycles. The first kappa shape index (κ1) is 19.4. The Morgan fingerprint density at radius 2 is 1.88 bits per heavy atom. The van der Waals surface area contributed by atoms with Gasteiger partial charge in [-0.2, -0.15) is 13.2 Å². The molecule has 0 radical (unpaired) electrons. The molecular formula is C13H9Cl2F5N4O. The lowest BCUT2D eigenvalue weighted by atomic mass is 10.3. The molecule has 0 aliphatic heterocycles. The molecule has 2 aromatic heterocycles. The van der Waals surface area contributed by atoms with Crippen molar-refractivity contribution < 1.29 is 26.7 Å². The summed E-state index contributed by atoms with van der Waals surface area (Å²) in [5.41, 5.74) is -1.62. The molecule has 2 rings (SSSR count). The van der Waals surface area contributed by atoms with E-state index in [1.54, 1.807) is 0 Å². The number of anilines is 1. The van der Waals surface area contributed by atoms with Crippen LogP contribution in [0.4, 0.5) is 27.8 Å². The number of ether oxygens (including phenoxy) is 1. The van der Waals surface area contributed by atoms with Crippen LogP contribution in [0.1, 0.15) is 17.7 Å². The molecule has 0 unspecified atom stereocenters. The SMILES string of the molecule is FC(F)c1ncnc(NCCOc2ncc(C(F)(F)F)cc2Cl)c1Cl. The number of alkyl halides is 5. The second-order valence-electron chi connectivity index (χ2n) is 4.51. The minimum absolute atomic E-state index is 0.0259. The van der Waals surface area contributed by atoms with Crippen LogP contribution in [0.3, 0.4) is 0 Å². The van der Waals surface area contributed by atoms with Crippen LogP contribution < -0.4 is 10.1 Å². The van der Waals surface area contributed by atoms with E-state index in [1.165, 1.54) is 0 Å². The Bertz CT molecular complexity index is 745. The maximum atomic E-state index is 12.6. The molecule has 0 fully saturated rings. The largest absolute Gasteiger partial charge is 0.475 e. The number of pyridine rings is 1. The number of aromatic nitrogens is 3. The first-order valence-corrected chi connectivity index (χ1v) is 7.33. The molecule has 2 heterocycles. The lowest BCUT2D eigenvalue weighted by Gasteiger charge is -2.12. The normalized spacial score (nSPS) is 11.7. The van der Waals surface area contributed by atoms with Gasteiger partial charge in [-0.25, -0.2) is 23.7 Å². The molecule has 0 atom stereocenters. The van der Waals surface area contributed by atoms with Gasteiger partial charge >= 0.3 is 6.18 Å². The average molecular weight is 403 g/mol. The van der Waals surface area contributed by atoms with Gasteiger partial charge in [-0.15, -0.1) is 0 Å². The lowest BCUT2D eigenvalue weighted by Crippen LogP contribution is -2.14. The standard InChI is InChI=1S/C13H9Cl2F5N4O/c14-7-3-6(13(18,19)20)4-22-12(7)25-2-1-21-11-8(15)9(10(16)17)23-5-24-11/h3-5,10H,1-2H2,(H,21,23,24). The highest BCUT2D eigenvalue weighted by Gasteiger charge is 2.31. The zero-order chi connectivity index (χ0) is 18.6. The number of rotatable bonds is 6. The first-order chi connectivity index (χ1) is 11.7. The van der Waals surface area contributed by atoms with Gasteiger partial charge in [0.25, 0.3) is 6.43 Å². The van der Waals surface area contributed by atoms with Crippen LogP contribution in [0.25, 0.3) is 0 Å². The third-order valence-electron chi connectivity index (χ3n) is 2.79. The Morgan fingerprint density at radius 3 is 2.48 bits per heavy atom. The molecule has 1 N–H and O–H groups in total. The third-order valence-corrected chi connectivity index (χ3v) is 3.43. The Morgan fingerprint density at radius 1 is 1.16 bits per heavy atom. The highest BCUT2D eigenvalue weighted by molar-refractivity contribution is 6.33. The zero-order valence-corrected chi connectivity index (χ0v) is 13.6. The van der Waals surface area contributed by atoms with Gasteiger partial charge in [0, 0.05) is 6.20 Å². The van der Waals surface area contributed by atoms with E-state index >= 15 is 0 Å². The Kier molecular flexibility index (Phi) is 6.17. The predicted octanol–water partition coefficient (Wildman–Crippen LogP) is 4.63. The van der Waals surface area contributed by atoms with Gasteiger partial charge in [-0.05, 0) is 6.07 Å². The summed E-state index contributed by atoms with van der Waals surface area (Å²) in [6.45, 7) is -0.0269. The quantitative estimate of drug-likeness (QED) is 0.563. The van der Waals surface area contributed by atoms with Crippen LogP contribution in [0.2, 0.25) is 10.0 Å². The Labute approximate surface area is 148 Å². The molecule has 0 saturated heterocycles. The molecule has 0 amide bonds. The van der Waals surface area contributed by atoms with Crippen LogP contribution in [-0.4, -0.2) is 28.1 Å². The number of hydrogen-bond acceptors (Lipinski definition) is 5. The molecule has 25 heavy (non-hydrogen) atoms. The fourth-order valence-electron chi connectivity index (χ4n) is 1.66. The van der Waals surface area contributed by atoms with E-state index in [9.17, 15) is 22.0 Å². The summed E-state index contributed by atoms with van der Waals surface area (Å²) in [6, 6.07) is 0.688. The maximum Gasteiger partial charge on any atom is 0.417 e. The van der Waals surface area contributed by atoms with Crippen molar-refractivity contribution in [2.75, 3.05) is 18.5 Å². The second kappa shape index (κ2) is 7.96. The summed E-state index contributed by atoms with van der Waals surface area (Å²) >= 11 is 11.4. The molecule has 0 spiro atoms. The average Bonchev–Trinajstić information content (AvgIpc) is 2.52. The van der Waals surface area contributed by atoms with Crippen molar-refractivity contribution >= 4 is 29.0 Å².